The summed E-state index contributed by atoms with van der Waals surface area (Å²) in [4.78, 5) is 0. The Bertz CT molecular complexity index is 342. The Morgan fingerprint density at radius 1 is 1.12 bits per heavy atom. The van der Waals surface area contributed by atoms with Crippen molar-refractivity contribution < 1.29 is 13.9 Å². The van der Waals surface area contributed by atoms with Crippen molar-refractivity contribution in [1.82, 2.24) is 5.32 Å². The number of benzene rings is 1. The van der Waals surface area contributed by atoms with Crippen LogP contribution in [0.4, 0.5) is 4.39 Å². The van der Waals surface area contributed by atoms with Crippen molar-refractivity contribution in [3.05, 3.63) is 35.6 Å². The van der Waals surface area contributed by atoms with Crippen molar-refractivity contribution in [3.63, 3.8) is 0 Å². The Labute approximate surface area is 102 Å². The van der Waals surface area contributed by atoms with Crippen LogP contribution in [0.25, 0.3) is 0 Å². The summed E-state index contributed by atoms with van der Waals surface area (Å²) in [5.74, 6) is -0.203. The van der Waals surface area contributed by atoms with Crippen molar-refractivity contribution in [2.75, 3.05) is 14.2 Å². The molecule has 1 rings (SSSR count). The molecule has 0 radical (unpaired) electrons. The van der Waals surface area contributed by atoms with E-state index in [0.29, 0.717) is 5.56 Å². The largest absolute Gasteiger partial charge is 0.354 e. The van der Waals surface area contributed by atoms with Gasteiger partial charge in [-0.3, -0.25) is 0 Å². The van der Waals surface area contributed by atoms with Gasteiger partial charge in [0.05, 0.1) is 6.04 Å². The minimum Gasteiger partial charge on any atom is -0.354 e. The van der Waals surface area contributed by atoms with E-state index in [9.17, 15) is 4.39 Å². The van der Waals surface area contributed by atoms with E-state index >= 15 is 0 Å². The molecule has 17 heavy (non-hydrogen) atoms. The molecule has 0 aliphatic carbocycles. The standard InChI is InChI=1S/C13H20FNO2/c1-9(11-7-5-6-8-12(11)14)15-10(2)13(16-3)17-4/h5-10,13,15H,1-4H3/t9-,10?/m1/s1. The highest BCUT2D eigenvalue weighted by Gasteiger charge is 2.19. The van der Waals surface area contributed by atoms with E-state index in [2.05, 4.69) is 5.32 Å². The minimum absolute atomic E-state index is 0.0281. The Morgan fingerprint density at radius 2 is 1.71 bits per heavy atom. The van der Waals surface area contributed by atoms with Crippen molar-refractivity contribution in [1.29, 1.82) is 0 Å². The smallest absolute Gasteiger partial charge is 0.171 e. The van der Waals surface area contributed by atoms with Crippen molar-refractivity contribution in [2.24, 2.45) is 0 Å². The molecule has 0 aromatic heterocycles. The van der Waals surface area contributed by atoms with Gasteiger partial charge in [-0.05, 0) is 19.9 Å². The molecule has 2 atom stereocenters. The molecule has 0 heterocycles. The van der Waals surface area contributed by atoms with Gasteiger partial charge in [0.1, 0.15) is 5.82 Å². The third kappa shape index (κ3) is 3.77. The molecule has 0 aliphatic rings. The Kier molecular flexibility index (Phi) is 5.55. The van der Waals surface area contributed by atoms with Crippen LogP contribution >= 0.6 is 0 Å². The van der Waals surface area contributed by atoms with Gasteiger partial charge >= 0.3 is 0 Å². The second kappa shape index (κ2) is 6.69. The first-order chi connectivity index (χ1) is 8.10. The fraction of sp³-hybridized carbons (Fsp3) is 0.538. The Morgan fingerprint density at radius 3 is 2.24 bits per heavy atom. The van der Waals surface area contributed by atoms with Gasteiger partial charge in [0, 0.05) is 25.8 Å². The van der Waals surface area contributed by atoms with Crippen LogP contribution in [-0.4, -0.2) is 26.6 Å². The number of rotatable bonds is 6. The zero-order valence-corrected chi connectivity index (χ0v) is 10.7. The summed E-state index contributed by atoms with van der Waals surface area (Å²) >= 11 is 0. The molecule has 0 saturated carbocycles. The van der Waals surface area contributed by atoms with E-state index < -0.39 is 0 Å². The predicted molar refractivity (Wildman–Crippen MR) is 65.2 cm³/mol. The average Bonchev–Trinajstić information content (AvgIpc) is 2.31. The molecule has 1 unspecified atom stereocenters. The van der Waals surface area contributed by atoms with E-state index in [1.165, 1.54) is 6.07 Å². The highest BCUT2D eigenvalue weighted by molar-refractivity contribution is 5.20. The predicted octanol–water partition coefficient (Wildman–Crippen LogP) is 2.48. The summed E-state index contributed by atoms with van der Waals surface area (Å²) in [6.07, 6.45) is -0.343. The molecule has 3 nitrogen and oxygen atoms in total. The van der Waals surface area contributed by atoms with Crippen LogP contribution in [0.15, 0.2) is 24.3 Å². The SMILES string of the molecule is COC(OC)C(C)N[C@H](C)c1ccccc1F. The maximum atomic E-state index is 13.6. The van der Waals surface area contributed by atoms with Crippen LogP contribution in [0.2, 0.25) is 0 Å². The van der Waals surface area contributed by atoms with E-state index in [1.54, 1.807) is 26.4 Å². The fourth-order valence-electron chi connectivity index (χ4n) is 1.89. The summed E-state index contributed by atoms with van der Waals surface area (Å²) in [5, 5.41) is 3.25. The van der Waals surface area contributed by atoms with E-state index in [1.807, 2.05) is 19.9 Å². The number of ether oxygens (including phenoxy) is 2. The van der Waals surface area contributed by atoms with Gasteiger partial charge in [0.2, 0.25) is 0 Å². The molecule has 96 valence electrons. The van der Waals surface area contributed by atoms with Gasteiger partial charge in [0.25, 0.3) is 0 Å². The van der Waals surface area contributed by atoms with Crippen LogP contribution in [0, 0.1) is 5.82 Å². The van der Waals surface area contributed by atoms with Gasteiger partial charge in [-0.1, -0.05) is 18.2 Å². The lowest BCUT2D eigenvalue weighted by Crippen LogP contribution is -2.41. The fourth-order valence-corrected chi connectivity index (χ4v) is 1.89. The van der Waals surface area contributed by atoms with Gasteiger partial charge in [-0.15, -0.1) is 0 Å². The molecule has 1 aromatic carbocycles. The molecule has 4 heteroatoms. The summed E-state index contributed by atoms with van der Waals surface area (Å²) in [5.41, 5.74) is 0.644. The van der Waals surface area contributed by atoms with Crippen molar-refractivity contribution >= 4 is 0 Å². The second-order valence-corrected chi connectivity index (χ2v) is 4.04. The molecular weight excluding hydrogens is 221 g/mol. The highest BCUT2D eigenvalue weighted by atomic mass is 19.1. The first-order valence-corrected chi connectivity index (χ1v) is 5.66. The van der Waals surface area contributed by atoms with Crippen molar-refractivity contribution in [2.45, 2.75) is 32.2 Å². The lowest BCUT2D eigenvalue weighted by molar-refractivity contribution is -0.120. The summed E-state index contributed by atoms with van der Waals surface area (Å²) < 4.78 is 23.9. The van der Waals surface area contributed by atoms with Gasteiger partial charge in [0.15, 0.2) is 6.29 Å². The highest BCUT2D eigenvalue weighted by Crippen LogP contribution is 2.17. The number of methoxy groups -OCH3 is 2. The zero-order chi connectivity index (χ0) is 12.8. The first-order valence-electron chi connectivity index (χ1n) is 5.66. The lowest BCUT2D eigenvalue weighted by atomic mass is 10.1. The molecular formula is C13H20FNO2. The minimum atomic E-state index is -0.343. The number of nitrogens with one attached hydrogen (secondary N) is 1. The molecule has 1 N–H and O–H groups in total. The average molecular weight is 241 g/mol. The van der Waals surface area contributed by atoms with E-state index in [4.69, 9.17) is 9.47 Å². The monoisotopic (exact) mass is 241 g/mol. The Balaban J connectivity index is 2.66. The zero-order valence-electron chi connectivity index (χ0n) is 10.7. The van der Waals surface area contributed by atoms with Crippen LogP contribution in [0.1, 0.15) is 25.5 Å². The molecule has 0 bridgehead atoms. The molecule has 0 amide bonds. The normalized spacial score (nSPS) is 14.9. The number of hydrogen-bond acceptors (Lipinski definition) is 3. The third-order valence-corrected chi connectivity index (χ3v) is 2.76. The maximum Gasteiger partial charge on any atom is 0.171 e. The van der Waals surface area contributed by atoms with E-state index in [0.717, 1.165) is 0 Å². The quantitative estimate of drug-likeness (QED) is 0.776. The maximum absolute atomic E-state index is 13.6. The van der Waals surface area contributed by atoms with Gasteiger partial charge < -0.3 is 14.8 Å². The van der Waals surface area contributed by atoms with Gasteiger partial charge in [-0.25, -0.2) is 4.39 Å². The van der Waals surface area contributed by atoms with Crippen LogP contribution < -0.4 is 5.32 Å². The molecule has 0 spiro atoms. The number of hydrogen-bond donors (Lipinski definition) is 1. The molecule has 0 fully saturated rings. The van der Waals surface area contributed by atoms with E-state index in [-0.39, 0.29) is 24.2 Å². The second-order valence-electron chi connectivity index (χ2n) is 4.04. The number of halogens is 1. The molecule has 1 aromatic rings. The summed E-state index contributed by atoms with van der Waals surface area (Å²) in [6, 6.07) is 6.61. The van der Waals surface area contributed by atoms with Gasteiger partial charge in [-0.2, -0.15) is 0 Å². The summed E-state index contributed by atoms with van der Waals surface area (Å²) in [6.45, 7) is 3.85. The van der Waals surface area contributed by atoms with Crippen LogP contribution in [0.5, 0.6) is 0 Å². The third-order valence-electron chi connectivity index (χ3n) is 2.76. The molecule has 0 saturated heterocycles. The molecule has 0 aliphatic heterocycles. The topological polar surface area (TPSA) is 30.5 Å². The Hall–Kier alpha value is -0.970. The van der Waals surface area contributed by atoms with Crippen LogP contribution in [-0.2, 0) is 9.47 Å². The van der Waals surface area contributed by atoms with Crippen LogP contribution in [0.3, 0.4) is 0 Å². The first kappa shape index (κ1) is 14.1. The lowest BCUT2D eigenvalue weighted by Gasteiger charge is -2.26. The van der Waals surface area contributed by atoms with Crippen molar-refractivity contribution in [3.8, 4) is 0 Å². The summed E-state index contributed by atoms with van der Waals surface area (Å²) in [7, 11) is 3.17.